The minimum Gasteiger partial charge on any atom is -0.394 e. The van der Waals surface area contributed by atoms with E-state index in [1.165, 1.54) is 4.52 Å². The van der Waals surface area contributed by atoms with Gasteiger partial charge >= 0.3 is 6.18 Å². The molecule has 0 aliphatic rings. The second-order valence-corrected chi connectivity index (χ2v) is 5.74. The topological polar surface area (TPSA) is 75.3 Å². The van der Waals surface area contributed by atoms with Crippen LogP contribution in [-0.2, 0) is 6.18 Å². The summed E-state index contributed by atoms with van der Waals surface area (Å²) < 4.78 is 39.7. The lowest BCUT2D eigenvalue weighted by atomic mass is 9.87. The number of fused-ring (bicyclic) bond motifs is 1. The Labute approximate surface area is 119 Å². The van der Waals surface area contributed by atoms with Crippen LogP contribution in [0.4, 0.5) is 19.0 Å². The summed E-state index contributed by atoms with van der Waals surface area (Å²) in [5, 5.41) is 16.2. The van der Waals surface area contributed by atoms with Gasteiger partial charge in [0.15, 0.2) is 5.69 Å². The molecule has 2 heterocycles. The average Bonchev–Trinajstić information content (AvgIpc) is 2.81. The van der Waals surface area contributed by atoms with Crippen LogP contribution in [0.2, 0.25) is 0 Å². The minimum atomic E-state index is -4.58. The zero-order valence-electron chi connectivity index (χ0n) is 11.8. The lowest BCUT2D eigenvalue weighted by Crippen LogP contribution is -2.38. The summed E-state index contributed by atoms with van der Waals surface area (Å²) in [6, 6.07) is 0.407. The van der Waals surface area contributed by atoms with Crippen molar-refractivity contribution in [2.45, 2.75) is 33.0 Å². The van der Waals surface area contributed by atoms with Gasteiger partial charge in [0.1, 0.15) is 12.1 Å². The zero-order chi connectivity index (χ0) is 15.8. The van der Waals surface area contributed by atoms with Crippen molar-refractivity contribution in [3.8, 4) is 0 Å². The van der Waals surface area contributed by atoms with Crippen LogP contribution in [0.1, 0.15) is 26.5 Å². The molecule has 0 aliphatic heterocycles. The first-order valence-electron chi connectivity index (χ1n) is 6.28. The number of nitrogens with one attached hydrogen (secondary N) is 1. The summed E-state index contributed by atoms with van der Waals surface area (Å²) in [7, 11) is 0. The highest BCUT2D eigenvalue weighted by Crippen LogP contribution is 2.30. The van der Waals surface area contributed by atoms with E-state index in [-0.39, 0.29) is 23.6 Å². The molecule has 0 aromatic carbocycles. The van der Waals surface area contributed by atoms with Gasteiger partial charge in [-0.15, -0.1) is 0 Å². The van der Waals surface area contributed by atoms with Gasteiger partial charge in [-0.1, -0.05) is 20.8 Å². The van der Waals surface area contributed by atoms with Crippen LogP contribution in [0.3, 0.4) is 0 Å². The summed E-state index contributed by atoms with van der Waals surface area (Å²) in [5.74, 6) is -0.0725. The second-order valence-electron chi connectivity index (χ2n) is 5.74. The fourth-order valence-corrected chi connectivity index (χ4v) is 1.77. The molecular formula is C12H16F3N5O. The third-order valence-electron chi connectivity index (χ3n) is 3.09. The van der Waals surface area contributed by atoms with E-state index in [0.717, 1.165) is 12.4 Å². The number of hydrogen-bond donors (Lipinski definition) is 2. The molecule has 2 N–H and O–H groups in total. The standard InChI is InChI=1S/C12H16F3N5O/c1-11(2,3)8(5-21)18-9-4-7(12(13,14)15)19-10-16-6-17-20(9)10/h4,6,8,18,21H,5H2,1-3H3/t8-/m1/s1. The number of aliphatic hydroxyl groups excluding tert-OH is 1. The maximum absolute atomic E-state index is 12.9. The maximum atomic E-state index is 12.9. The normalized spacial score (nSPS) is 14.4. The predicted octanol–water partition coefficient (Wildman–Crippen LogP) is 1.96. The van der Waals surface area contributed by atoms with Crippen molar-refractivity contribution in [3.63, 3.8) is 0 Å². The van der Waals surface area contributed by atoms with Gasteiger partial charge in [-0.3, -0.25) is 0 Å². The SMILES string of the molecule is CC(C)(C)[C@@H](CO)Nc1cc(C(F)(F)F)nc2ncnn12. The van der Waals surface area contributed by atoms with Gasteiger partial charge in [0, 0.05) is 6.07 Å². The molecule has 0 unspecified atom stereocenters. The minimum absolute atomic E-state index is 0.0822. The van der Waals surface area contributed by atoms with Gasteiger partial charge < -0.3 is 10.4 Å². The number of halogens is 3. The van der Waals surface area contributed by atoms with E-state index < -0.39 is 17.9 Å². The summed E-state index contributed by atoms with van der Waals surface area (Å²) in [4.78, 5) is 7.11. The molecule has 2 aromatic rings. The number of alkyl halides is 3. The van der Waals surface area contributed by atoms with Crippen LogP contribution in [0.25, 0.3) is 5.78 Å². The van der Waals surface area contributed by atoms with E-state index in [0.29, 0.717) is 0 Å². The van der Waals surface area contributed by atoms with Crippen LogP contribution >= 0.6 is 0 Å². The Morgan fingerprint density at radius 2 is 2.00 bits per heavy atom. The van der Waals surface area contributed by atoms with Gasteiger partial charge in [0.05, 0.1) is 12.6 Å². The van der Waals surface area contributed by atoms with Crippen molar-refractivity contribution < 1.29 is 18.3 Å². The highest BCUT2D eigenvalue weighted by Gasteiger charge is 2.34. The monoisotopic (exact) mass is 303 g/mol. The van der Waals surface area contributed by atoms with Crippen molar-refractivity contribution in [2.75, 3.05) is 11.9 Å². The first-order chi connectivity index (χ1) is 9.63. The number of aromatic nitrogens is 4. The van der Waals surface area contributed by atoms with Crippen molar-refractivity contribution in [3.05, 3.63) is 18.1 Å². The van der Waals surface area contributed by atoms with E-state index in [2.05, 4.69) is 20.4 Å². The molecule has 0 saturated heterocycles. The Hall–Kier alpha value is -1.90. The quantitative estimate of drug-likeness (QED) is 0.906. The Morgan fingerprint density at radius 1 is 1.33 bits per heavy atom. The molecule has 0 saturated carbocycles. The third kappa shape index (κ3) is 3.23. The fraction of sp³-hybridized carbons (Fsp3) is 0.583. The first kappa shape index (κ1) is 15.5. The maximum Gasteiger partial charge on any atom is 0.433 e. The Bertz CT molecular complexity index is 632. The molecule has 2 aromatic heterocycles. The number of rotatable bonds is 3. The van der Waals surface area contributed by atoms with Crippen LogP contribution in [-0.4, -0.2) is 37.3 Å². The van der Waals surface area contributed by atoms with E-state index in [1.807, 2.05) is 20.8 Å². The molecule has 0 spiro atoms. The Morgan fingerprint density at radius 3 is 2.52 bits per heavy atom. The average molecular weight is 303 g/mol. The molecule has 0 radical (unpaired) electrons. The lowest BCUT2D eigenvalue weighted by Gasteiger charge is -2.30. The molecule has 2 rings (SSSR count). The van der Waals surface area contributed by atoms with Crippen molar-refractivity contribution >= 4 is 11.6 Å². The number of anilines is 1. The number of nitrogens with zero attached hydrogens (tertiary/aromatic N) is 4. The van der Waals surface area contributed by atoms with Crippen molar-refractivity contribution in [1.29, 1.82) is 0 Å². The summed E-state index contributed by atoms with van der Waals surface area (Å²) >= 11 is 0. The summed E-state index contributed by atoms with van der Waals surface area (Å²) in [6.45, 7) is 5.37. The van der Waals surface area contributed by atoms with Gasteiger partial charge in [-0.25, -0.2) is 4.98 Å². The van der Waals surface area contributed by atoms with E-state index >= 15 is 0 Å². The second kappa shape index (κ2) is 5.14. The van der Waals surface area contributed by atoms with Crippen LogP contribution in [0, 0.1) is 5.41 Å². The van der Waals surface area contributed by atoms with Crippen LogP contribution in [0.15, 0.2) is 12.4 Å². The van der Waals surface area contributed by atoms with E-state index in [4.69, 9.17) is 0 Å². The predicted molar refractivity (Wildman–Crippen MR) is 69.7 cm³/mol. The summed E-state index contributed by atoms with van der Waals surface area (Å²) in [6.07, 6.45) is -3.46. The molecule has 0 aliphatic carbocycles. The van der Waals surface area contributed by atoms with Crippen LogP contribution < -0.4 is 5.32 Å². The molecule has 0 bridgehead atoms. The van der Waals surface area contributed by atoms with E-state index in [9.17, 15) is 18.3 Å². The summed E-state index contributed by atoms with van der Waals surface area (Å²) in [5.41, 5.74) is -1.42. The third-order valence-corrected chi connectivity index (χ3v) is 3.09. The highest BCUT2D eigenvalue weighted by atomic mass is 19.4. The van der Waals surface area contributed by atoms with Crippen LogP contribution in [0.5, 0.6) is 0 Å². The van der Waals surface area contributed by atoms with Gasteiger partial charge in [-0.05, 0) is 5.41 Å². The highest BCUT2D eigenvalue weighted by molar-refractivity contribution is 5.46. The molecule has 0 amide bonds. The lowest BCUT2D eigenvalue weighted by molar-refractivity contribution is -0.141. The van der Waals surface area contributed by atoms with Crippen molar-refractivity contribution in [1.82, 2.24) is 19.6 Å². The molecule has 1 atom stereocenters. The zero-order valence-corrected chi connectivity index (χ0v) is 11.8. The number of aliphatic hydroxyl groups is 1. The smallest absolute Gasteiger partial charge is 0.394 e. The van der Waals surface area contributed by atoms with Gasteiger partial charge in [0.25, 0.3) is 5.78 Å². The van der Waals surface area contributed by atoms with Crippen molar-refractivity contribution in [2.24, 2.45) is 5.41 Å². The molecule has 116 valence electrons. The first-order valence-corrected chi connectivity index (χ1v) is 6.28. The molecule has 6 nitrogen and oxygen atoms in total. The van der Waals surface area contributed by atoms with Gasteiger partial charge in [-0.2, -0.15) is 27.8 Å². The molecular weight excluding hydrogens is 287 g/mol. The Balaban J connectivity index is 2.49. The Kier molecular flexibility index (Phi) is 3.79. The fourth-order valence-electron chi connectivity index (χ4n) is 1.77. The number of hydrogen-bond acceptors (Lipinski definition) is 5. The van der Waals surface area contributed by atoms with E-state index in [1.54, 1.807) is 0 Å². The molecule has 0 fully saturated rings. The van der Waals surface area contributed by atoms with Gasteiger partial charge in [0.2, 0.25) is 0 Å². The molecule has 21 heavy (non-hydrogen) atoms. The largest absolute Gasteiger partial charge is 0.433 e. The molecule has 9 heteroatoms.